The number of aromatic nitrogens is 5. The highest BCUT2D eigenvalue weighted by Gasteiger charge is 2.25. The average molecular weight is 414 g/mol. The normalized spacial score (nSPS) is 14.8. The number of hydrogen-bond donors (Lipinski definition) is 0. The van der Waals surface area contributed by atoms with E-state index in [0.29, 0.717) is 31.1 Å². The Bertz CT molecular complexity index is 1270. The fourth-order valence-corrected chi connectivity index (χ4v) is 4.01. The van der Waals surface area contributed by atoms with Gasteiger partial charge in [0.15, 0.2) is 5.82 Å². The molecule has 0 atom stereocenters. The largest absolute Gasteiger partial charge is 0.337 e. The van der Waals surface area contributed by atoms with Crippen LogP contribution in [0, 0.1) is 5.92 Å². The lowest BCUT2D eigenvalue weighted by molar-refractivity contribution is 0.0675. The first-order valence-corrected chi connectivity index (χ1v) is 10.4. The summed E-state index contributed by atoms with van der Waals surface area (Å²) >= 11 is 0. The van der Waals surface area contributed by atoms with Crippen molar-refractivity contribution in [3.8, 4) is 5.82 Å². The Morgan fingerprint density at radius 1 is 1.00 bits per heavy atom. The van der Waals surface area contributed by atoms with Gasteiger partial charge >= 0.3 is 0 Å². The highest BCUT2D eigenvalue weighted by molar-refractivity contribution is 5.94. The molecule has 1 fully saturated rings. The molecule has 1 aliphatic rings. The number of carbonyl (C=O) groups excluding carboxylic acids is 1. The summed E-state index contributed by atoms with van der Waals surface area (Å²) in [5, 5.41) is 9.64. The highest BCUT2D eigenvalue weighted by Crippen LogP contribution is 2.21. The van der Waals surface area contributed by atoms with E-state index in [-0.39, 0.29) is 17.4 Å². The minimum Gasteiger partial charge on any atom is -0.337 e. The lowest BCUT2D eigenvalue weighted by atomic mass is 9.96. The predicted molar refractivity (Wildman–Crippen MR) is 116 cm³/mol. The van der Waals surface area contributed by atoms with Gasteiger partial charge in [-0.15, -0.1) is 5.10 Å². The highest BCUT2D eigenvalue weighted by atomic mass is 16.2. The molecular formula is C23H22N6O2. The summed E-state index contributed by atoms with van der Waals surface area (Å²) in [6, 6.07) is 16.5. The number of amides is 1. The van der Waals surface area contributed by atoms with E-state index in [4.69, 9.17) is 0 Å². The number of nitrogens with zero attached hydrogens (tertiary/aromatic N) is 6. The average Bonchev–Trinajstić information content (AvgIpc) is 3.35. The van der Waals surface area contributed by atoms with Gasteiger partial charge in [-0.3, -0.25) is 9.59 Å². The third-order valence-corrected chi connectivity index (χ3v) is 5.74. The van der Waals surface area contributed by atoms with Crippen LogP contribution in [0.5, 0.6) is 0 Å². The van der Waals surface area contributed by atoms with Crippen LogP contribution in [0.15, 0.2) is 71.8 Å². The molecule has 0 N–H and O–H groups in total. The Balaban J connectivity index is 1.25. The van der Waals surface area contributed by atoms with E-state index in [1.165, 1.54) is 10.7 Å². The third-order valence-electron chi connectivity index (χ3n) is 5.74. The van der Waals surface area contributed by atoms with Crippen LogP contribution in [0.1, 0.15) is 23.3 Å². The van der Waals surface area contributed by atoms with Crippen LogP contribution in [0.4, 0.5) is 0 Å². The SMILES string of the molecule is O=C(c1ccc2ccccc2n1)N1CCC(Cn2nc(-n3cccn3)ccc2=O)CC1. The first-order chi connectivity index (χ1) is 15.2. The Labute approximate surface area is 178 Å². The van der Waals surface area contributed by atoms with Crippen molar-refractivity contribution in [2.75, 3.05) is 13.1 Å². The lowest BCUT2D eigenvalue weighted by Crippen LogP contribution is -2.40. The van der Waals surface area contributed by atoms with Gasteiger partial charge in [0.2, 0.25) is 0 Å². The van der Waals surface area contributed by atoms with Crippen molar-refractivity contribution in [2.45, 2.75) is 19.4 Å². The Morgan fingerprint density at radius 3 is 2.65 bits per heavy atom. The summed E-state index contributed by atoms with van der Waals surface area (Å²) in [5.41, 5.74) is 1.17. The first-order valence-electron chi connectivity index (χ1n) is 10.4. The van der Waals surface area contributed by atoms with Gasteiger partial charge in [0.25, 0.3) is 11.5 Å². The maximum atomic E-state index is 12.9. The van der Waals surface area contributed by atoms with Gasteiger partial charge in [-0.2, -0.15) is 5.10 Å². The van der Waals surface area contributed by atoms with Crippen molar-refractivity contribution < 1.29 is 4.79 Å². The molecule has 8 heteroatoms. The molecule has 5 rings (SSSR count). The Kier molecular flexibility index (Phi) is 5.03. The molecule has 1 amide bonds. The molecule has 0 bridgehead atoms. The first kappa shape index (κ1) is 19.2. The number of fused-ring (bicyclic) bond motifs is 1. The van der Waals surface area contributed by atoms with Crippen LogP contribution in [0.25, 0.3) is 16.7 Å². The number of para-hydroxylation sites is 1. The summed E-state index contributed by atoms with van der Waals surface area (Å²) in [6.45, 7) is 1.82. The van der Waals surface area contributed by atoms with Gasteiger partial charge in [0, 0.05) is 43.5 Å². The number of benzene rings is 1. The van der Waals surface area contributed by atoms with Crippen molar-refractivity contribution in [1.82, 2.24) is 29.4 Å². The molecule has 156 valence electrons. The monoisotopic (exact) mass is 414 g/mol. The fraction of sp³-hybridized carbons (Fsp3) is 0.261. The van der Waals surface area contributed by atoms with E-state index in [2.05, 4.69) is 15.2 Å². The van der Waals surface area contributed by atoms with Crippen molar-refractivity contribution in [3.63, 3.8) is 0 Å². The second-order valence-electron chi connectivity index (χ2n) is 7.79. The number of likely N-dealkylation sites (tertiary alicyclic amines) is 1. The lowest BCUT2D eigenvalue weighted by Gasteiger charge is -2.31. The molecule has 4 heterocycles. The molecule has 0 radical (unpaired) electrons. The molecule has 1 saturated heterocycles. The van der Waals surface area contributed by atoms with Crippen LogP contribution in [-0.4, -0.2) is 48.4 Å². The zero-order valence-electron chi connectivity index (χ0n) is 17.0. The molecule has 31 heavy (non-hydrogen) atoms. The van der Waals surface area contributed by atoms with Gasteiger partial charge in [-0.05, 0) is 43.0 Å². The molecule has 4 aromatic rings. The second kappa shape index (κ2) is 8.14. The maximum absolute atomic E-state index is 12.9. The summed E-state index contributed by atoms with van der Waals surface area (Å²) in [6.07, 6.45) is 5.11. The Morgan fingerprint density at radius 2 is 1.84 bits per heavy atom. The van der Waals surface area contributed by atoms with Crippen LogP contribution in [0.3, 0.4) is 0 Å². The van der Waals surface area contributed by atoms with Crippen molar-refractivity contribution in [1.29, 1.82) is 0 Å². The minimum atomic E-state index is -0.130. The molecule has 0 aliphatic carbocycles. The Hall–Kier alpha value is -3.81. The fourth-order valence-electron chi connectivity index (χ4n) is 4.01. The molecule has 8 nitrogen and oxygen atoms in total. The van der Waals surface area contributed by atoms with Gasteiger partial charge in [-0.1, -0.05) is 24.3 Å². The van der Waals surface area contributed by atoms with Gasteiger partial charge in [0.05, 0.1) is 5.52 Å². The van der Waals surface area contributed by atoms with Gasteiger partial charge in [-0.25, -0.2) is 14.3 Å². The van der Waals surface area contributed by atoms with E-state index < -0.39 is 0 Å². The van der Waals surface area contributed by atoms with E-state index in [1.807, 2.05) is 41.3 Å². The van der Waals surface area contributed by atoms with Crippen molar-refractivity contribution in [3.05, 3.63) is 83.0 Å². The molecule has 1 aromatic carbocycles. The molecule has 0 saturated carbocycles. The van der Waals surface area contributed by atoms with Crippen molar-refractivity contribution >= 4 is 16.8 Å². The topological polar surface area (TPSA) is 85.9 Å². The summed E-state index contributed by atoms with van der Waals surface area (Å²) in [7, 11) is 0. The van der Waals surface area contributed by atoms with Crippen LogP contribution in [0.2, 0.25) is 0 Å². The van der Waals surface area contributed by atoms with Crippen LogP contribution < -0.4 is 5.56 Å². The molecule has 3 aromatic heterocycles. The van der Waals surface area contributed by atoms with E-state index in [9.17, 15) is 9.59 Å². The minimum absolute atomic E-state index is 0.0415. The third kappa shape index (κ3) is 3.96. The summed E-state index contributed by atoms with van der Waals surface area (Å²) < 4.78 is 3.14. The number of carbonyl (C=O) groups is 1. The number of piperidine rings is 1. The molecule has 0 unspecified atom stereocenters. The molecule has 1 aliphatic heterocycles. The van der Waals surface area contributed by atoms with Gasteiger partial charge in [0.1, 0.15) is 5.69 Å². The second-order valence-corrected chi connectivity index (χ2v) is 7.79. The number of hydrogen-bond acceptors (Lipinski definition) is 5. The maximum Gasteiger partial charge on any atom is 0.272 e. The molecular weight excluding hydrogens is 392 g/mol. The zero-order chi connectivity index (χ0) is 21.2. The van der Waals surface area contributed by atoms with E-state index >= 15 is 0 Å². The predicted octanol–water partition coefficient (Wildman–Crippen LogP) is 2.53. The van der Waals surface area contributed by atoms with Crippen molar-refractivity contribution in [2.24, 2.45) is 5.92 Å². The quantitative estimate of drug-likeness (QED) is 0.512. The van der Waals surface area contributed by atoms with Gasteiger partial charge < -0.3 is 4.90 Å². The van der Waals surface area contributed by atoms with Crippen LogP contribution >= 0.6 is 0 Å². The van der Waals surface area contributed by atoms with E-state index in [0.717, 1.165) is 23.7 Å². The summed E-state index contributed by atoms with van der Waals surface area (Å²) in [5.74, 6) is 0.853. The zero-order valence-corrected chi connectivity index (χ0v) is 17.0. The molecule has 0 spiro atoms. The summed E-state index contributed by atoms with van der Waals surface area (Å²) in [4.78, 5) is 31.6. The number of rotatable bonds is 4. The number of pyridine rings is 1. The smallest absolute Gasteiger partial charge is 0.272 e. The van der Waals surface area contributed by atoms with E-state index in [1.54, 1.807) is 29.2 Å². The van der Waals surface area contributed by atoms with Crippen LogP contribution in [-0.2, 0) is 6.54 Å². The standard InChI is InChI=1S/C23H22N6O2/c30-22-9-8-21(28-13-3-12-24-28)26-29(22)16-17-10-14-27(15-11-17)23(31)20-7-6-18-4-1-2-5-19(18)25-20/h1-9,12-13,17H,10-11,14-16H2.